The van der Waals surface area contributed by atoms with Gasteiger partial charge in [0.1, 0.15) is 0 Å². The van der Waals surface area contributed by atoms with Crippen LogP contribution in [0.25, 0.3) is 0 Å². The van der Waals surface area contributed by atoms with E-state index in [0.717, 1.165) is 5.56 Å². The van der Waals surface area contributed by atoms with Crippen LogP contribution in [-0.4, -0.2) is 55.0 Å². The molecule has 22 heavy (non-hydrogen) atoms. The van der Waals surface area contributed by atoms with Crippen LogP contribution in [0.15, 0.2) is 30.3 Å². The Morgan fingerprint density at radius 3 is 2.32 bits per heavy atom. The van der Waals surface area contributed by atoms with Gasteiger partial charge in [-0.25, -0.2) is 0 Å². The molecule has 5 nitrogen and oxygen atoms in total. The number of nitrogens with zero attached hydrogens (tertiary/aromatic N) is 2. The van der Waals surface area contributed by atoms with Crippen molar-refractivity contribution in [1.29, 1.82) is 0 Å². The molecule has 2 amide bonds. The molecule has 0 aromatic heterocycles. The summed E-state index contributed by atoms with van der Waals surface area (Å²) in [6.45, 7) is 6.18. The maximum Gasteiger partial charge on any atom is 0.224 e. The van der Waals surface area contributed by atoms with Crippen molar-refractivity contribution in [3.8, 4) is 0 Å². The number of ether oxygens (including phenoxy) is 1. The fourth-order valence-electron chi connectivity index (χ4n) is 2.20. The van der Waals surface area contributed by atoms with Gasteiger partial charge < -0.3 is 14.5 Å². The number of carbonyl (C=O) groups excluding carboxylic acids is 2. The summed E-state index contributed by atoms with van der Waals surface area (Å²) in [5, 5.41) is 0. The molecule has 0 saturated carbocycles. The van der Waals surface area contributed by atoms with Gasteiger partial charge >= 0.3 is 0 Å². The van der Waals surface area contributed by atoms with Crippen molar-refractivity contribution in [3.63, 3.8) is 0 Å². The van der Waals surface area contributed by atoms with Crippen LogP contribution in [0.5, 0.6) is 0 Å². The van der Waals surface area contributed by atoms with Crippen molar-refractivity contribution in [3.05, 3.63) is 35.9 Å². The monoisotopic (exact) mass is 306 g/mol. The lowest BCUT2D eigenvalue weighted by Gasteiger charge is -2.24. The van der Waals surface area contributed by atoms with Gasteiger partial charge in [0.25, 0.3) is 0 Å². The van der Waals surface area contributed by atoms with Crippen LogP contribution >= 0.6 is 0 Å². The van der Waals surface area contributed by atoms with E-state index in [0.29, 0.717) is 39.2 Å². The Hall–Kier alpha value is -1.88. The van der Waals surface area contributed by atoms with Gasteiger partial charge in [-0.1, -0.05) is 30.3 Å². The first-order chi connectivity index (χ1) is 10.6. The topological polar surface area (TPSA) is 49.9 Å². The molecule has 5 heteroatoms. The number of methoxy groups -OCH3 is 1. The summed E-state index contributed by atoms with van der Waals surface area (Å²) in [5.41, 5.74) is 1.11. The highest BCUT2D eigenvalue weighted by Gasteiger charge is 2.15. The Morgan fingerprint density at radius 2 is 1.77 bits per heavy atom. The van der Waals surface area contributed by atoms with Gasteiger partial charge in [0.15, 0.2) is 0 Å². The quantitative estimate of drug-likeness (QED) is 0.700. The summed E-state index contributed by atoms with van der Waals surface area (Å²) in [6, 6.07) is 9.92. The maximum absolute atomic E-state index is 12.3. The minimum atomic E-state index is -0.0315. The molecule has 0 spiro atoms. The van der Waals surface area contributed by atoms with E-state index in [1.54, 1.807) is 12.0 Å². The Balaban J connectivity index is 2.51. The lowest BCUT2D eigenvalue weighted by molar-refractivity contribution is -0.134. The van der Waals surface area contributed by atoms with E-state index >= 15 is 0 Å². The van der Waals surface area contributed by atoms with Crippen molar-refractivity contribution in [2.24, 2.45) is 0 Å². The Bertz CT molecular complexity index is 462. The van der Waals surface area contributed by atoms with Crippen molar-refractivity contribution >= 4 is 11.8 Å². The molecule has 0 unspecified atom stereocenters. The van der Waals surface area contributed by atoms with Crippen molar-refractivity contribution in [1.82, 2.24) is 9.80 Å². The molecule has 0 heterocycles. The van der Waals surface area contributed by atoms with Crippen molar-refractivity contribution in [2.75, 3.05) is 33.4 Å². The van der Waals surface area contributed by atoms with E-state index in [-0.39, 0.29) is 11.8 Å². The highest BCUT2D eigenvalue weighted by atomic mass is 16.5. The normalized spacial score (nSPS) is 10.3. The Morgan fingerprint density at radius 1 is 1.09 bits per heavy atom. The summed E-state index contributed by atoms with van der Waals surface area (Å²) in [5.74, 6) is 0.0333. The van der Waals surface area contributed by atoms with E-state index in [1.165, 1.54) is 6.92 Å². The summed E-state index contributed by atoms with van der Waals surface area (Å²) in [4.78, 5) is 27.3. The first-order valence-corrected chi connectivity index (χ1v) is 7.64. The van der Waals surface area contributed by atoms with Gasteiger partial charge in [-0.2, -0.15) is 0 Å². The minimum Gasteiger partial charge on any atom is -0.383 e. The van der Waals surface area contributed by atoms with Gasteiger partial charge in [0.05, 0.1) is 6.61 Å². The molecule has 0 radical (unpaired) electrons. The third-order valence-electron chi connectivity index (χ3n) is 3.56. The van der Waals surface area contributed by atoms with Crippen LogP contribution in [0.2, 0.25) is 0 Å². The van der Waals surface area contributed by atoms with Gasteiger partial charge in [0.2, 0.25) is 11.8 Å². The van der Waals surface area contributed by atoms with Crippen LogP contribution in [0, 0.1) is 0 Å². The second-order valence-corrected chi connectivity index (χ2v) is 5.14. The molecule has 0 N–H and O–H groups in total. The second-order valence-electron chi connectivity index (χ2n) is 5.14. The van der Waals surface area contributed by atoms with E-state index in [1.807, 2.05) is 42.2 Å². The number of carbonyl (C=O) groups is 2. The van der Waals surface area contributed by atoms with Crippen LogP contribution in [0.4, 0.5) is 0 Å². The smallest absolute Gasteiger partial charge is 0.224 e. The van der Waals surface area contributed by atoms with Crippen LogP contribution < -0.4 is 0 Å². The number of hydrogen-bond acceptors (Lipinski definition) is 3. The molecule has 0 aliphatic rings. The molecule has 1 aromatic rings. The molecule has 122 valence electrons. The van der Waals surface area contributed by atoms with Gasteiger partial charge in [-0.15, -0.1) is 0 Å². The van der Waals surface area contributed by atoms with E-state index in [2.05, 4.69) is 0 Å². The molecule has 0 saturated heterocycles. The maximum atomic E-state index is 12.3. The average Bonchev–Trinajstić information content (AvgIpc) is 2.53. The molecule has 0 aliphatic carbocycles. The molecule has 0 atom stereocenters. The molecule has 1 rings (SSSR count). The summed E-state index contributed by atoms with van der Waals surface area (Å²) in [6.07, 6.45) is 0.337. The molecule has 0 bridgehead atoms. The van der Waals surface area contributed by atoms with Gasteiger partial charge in [-0.3, -0.25) is 9.59 Å². The van der Waals surface area contributed by atoms with Gasteiger partial charge in [0, 0.05) is 46.6 Å². The first-order valence-electron chi connectivity index (χ1n) is 7.64. The largest absolute Gasteiger partial charge is 0.383 e. The fourth-order valence-corrected chi connectivity index (χ4v) is 2.20. The number of rotatable bonds is 9. The molecule has 1 aromatic carbocycles. The minimum absolute atomic E-state index is 0.0315. The number of amides is 2. The lowest BCUT2D eigenvalue weighted by atomic mass is 10.2. The lowest BCUT2D eigenvalue weighted by Crippen LogP contribution is -2.37. The van der Waals surface area contributed by atoms with E-state index in [4.69, 9.17) is 4.74 Å². The SMILES string of the molecule is CCN(Cc1ccccc1)C(=O)CCN(CCOC)C(C)=O. The van der Waals surface area contributed by atoms with Gasteiger partial charge in [-0.05, 0) is 12.5 Å². The standard InChI is InChI=1S/C17H26N2O3/c1-4-18(14-16-8-6-5-7-9-16)17(21)10-11-19(15(2)20)12-13-22-3/h5-9H,4,10-14H2,1-3H3. The third kappa shape index (κ3) is 6.26. The predicted octanol–water partition coefficient (Wildman–Crippen LogP) is 1.92. The van der Waals surface area contributed by atoms with Crippen LogP contribution in [0.3, 0.4) is 0 Å². The Kier molecular flexibility index (Phi) is 8.22. The molecule has 0 fully saturated rings. The summed E-state index contributed by atoms with van der Waals surface area (Å²) in [7, 11) is 1.60. The van der Waals surface area contributed by atoms with E-state index < -0.39 is 0 Å². The molecular weight excluding hydrogens is 280 g/mol. The molecule has 0 aliphatic heterocycles. The van der Waals surface area contributed by atoms with E-state index in [9.17, 15) is 9.59 Å². The average molecular weight is 306 g/mol. The zero-order chi connectivity index (χ0) is 16.4. The van der Waals surface area contributed by atoms with Crippen molar-refractivity contribution in [2.45, 2.75) is 26.8 Å². The second kappa shape index (κ2) is 9.95. The number of hydrogen-bond donors (Lipinski definition) is 0. The predicted molar refractivity (Wildman–Crippen MR) is 86.3 cm³/mol. The summed E-state index contributed by atoms with van der Waals surface area (Å²) < 4.78 is 4.99. The Labute approximate surface area is 132 Å². The van der Waals surface area contributed by atoms with Crippen LogP contribution in [-0.2, 0) is 20.9 Å². The first kappa shape index (κ1) is 18.2. The van der Waals surface area contributed by atoms with Crippen molar-refractivity contribution < 1.29 is 14.3 Å². The highest BCUT2D eigenvalue weighted by molar-refractivity contribution is 5.78. The highest BCUT2D eigenvalue weighted by Crippen LogP contribution is 2.06. The molecular formula is C17H26N2O3. The third-order valence-corrected chi connectivity index (χ3v) is 3.56. The zero-order valence-electron chi connectivity index (χ0n) is 13.7. The fraction of sp³-hybridized carbons (Fsp3) is 0.529. The van der Waals surface area contributed by atoms with Crippen LogP contribution in [0.1, 0.15) is 25.8 Å². The summed E-state index contributed by atoms with van der Waals surface area (Å²) >= 11 is 0. The number of benzene rings is 1. The zero-order valence-corrected chi connectivity index (χ0v) is 13.7.